The Bertz CT molecular complexity index is 281. The second kappa shape index (κ2) is 9.17. The maximum absolute atomic E-state index is 5.05. The second-order valence-corrected chi connectivity index (χ2v) is 4.88. The SMILES string of the molecule is CCC(CC)CN(CC)CCNCc1ccoc1. The molecule has 0 radical (unpaired) electrons. The summed E-state index contributed by atoms with van der Waals surface area (Å²) in [6, 6.07) is 2.01. The van der Waals surface area contributed by atoms with Gasteiger partial charge in [0.25, 0.3) is 0 Å². The van der Waals surface area contributed by atoms with E-state index in [1.807, 2.05) is 6.07 Å². The standard InChI is InChI=1S/C15H28N2O/c1-4-14(5-2)12-17(6-3)9-8-16-11-15-7-10-18-13-15/h7,10,13-14,16H,4-6,8-9,11-12H2,1-3H3. The van der Waals surface area contributed by atoms with E-state index in [0.717, 1.165) is 32.1 Å². The maximum Gasteiger partial charge on any atom is 0.0947 e. The zero-order valence-corrected chi connectivity index (χ0v) is 12.1. The Morgan fingerprint density at radius 1 is 1.28 bits per heavy atom. The molecule has 1 aromatic heterocycles. The quantitative estimate of drug-likeness (QED) is 0.649. The van der Waals surface area contributed by atoms with Crippen molar-refractivity contribution in [2.75, 3.05) is 26.2 Å². The van der Waals surface area contributed by atoms with E-state index in [1.165, 1.54) is 24.9 Å². The average Bonchev–Trinajstić information content (AvgIpc) is 2.91. The molecular formula is C15H28N2O. The minimum atomic E-state index is 0.846. The van der Waals surface area contributed by atoms with Gasteiger partial charge in [0.2, 0.25) is 0 Å². The molecule has 0 saturated carbocycles. The highest BCUT2D eigenvalue weighted by Gasteiger charge is 2.09. The molecule has 0 aliphatic carbocycles. The van der Waals surface area contributed by atoms with Crippen LogP contribution in [-0.2, 0) is 6.54 Å². The molecule has 0 aromatic carbocycles. The summed E-state index contributed by atoms with van der Waals surface area (Å²) in [7, 11) is 0. The van der Waals surface area contributed by atoms with Crippen molar-refractivity contribution in [3.8, 4) is 0 Å². The summed E-state index contributed by atoms with van der Waals surface area (Å²) in [5.41, 5.74) is 1.22. The van der Waals surface area contributed by atoms with Crippen molar-refractivity contribution in [1.29, 1.82) is 0 Å². The maximum atomic E-state index is 5.05. The zero-order chi connectivity index (χ0) is 13.2. The number of hydrogen-bond donors (Lipinski definition) is 1. The largest absolute Gasteiger partial charge is 0.472 e. The van der Waals surface area contributed by atoms with Crippen LogP contribution in [0.3, 0.4) is 0 Å². The third kappa shape index (κ3) is 5.69. The molecule has 18 heavy (non-hydrogen) atoms. The highest BCUT2D eigenvalue weighted by atomic mass is 16.3. The van der Waals surface area contributed by atoms with Gasteiger partial charge in [0.05, 0.1) is 12.5 Å². The topological polar surface area (TPSA) is 28.4 Å². The number of likely N-dealkylation sites (N-methyl/N-ethyl adjacent to an activating group) is 1. The lowest BCUT2D eigenvalue weighted by Crippen LogP contribution is -2.35. The Balaban J connectivity index is 2.14. The van der Waals surface area contributed by atoms with Crippen LogP contribution in [0.4, 0.5) is 0 Å². The van der Waals surface area contributed by atoms with Gasteiger partial charge in [0.1, 0.15) is 0 Å². The van der Waals surface area contributed by atoms with Crippen molar-refractivity contribution in [3.05, 3.63) is 24.2 Å². The summed E-state index contributed by atoms with van der Waals surface area (Å²) in [4.78, 5) is 2.54. The molecule has 104 valence electrons. The van der Waals surface area contributed by atoms with Gasteiger partial charge in [-0.2, -0.15) is 0 Å². The van der Waals surface area contributed by atoms with Crippen LogP contribution in [0.5, 0.6) is 0 Å². The van der Waals surface area contributed by atoms with Crippen molar-refractivity contribution >= 4 is 0 Å². The van der Waals surface area contributed by atoms with E-state index < -0.39 is 0 Å². The normalized spacial score (nSPS) is 11.6. The van der Waals surface area contributed by atoms with Crippen LogP contribution in [0, 0.1) is 5.92 Å². The van der Waals surface area contributed by atoms with E-state index in [0.29, 0.717) is 0 Å². The lowest BCUT2D eigenvalue weighted by molar-refractivity contribution is 0.233. The van der Waals surface area contributed by atoms with Gasteiger partial charge in [-0.1, -0.05) is 33.6 Å². The van der Waals surface area contributed by atoms with Gasteiger partial charge in [0, 0.05) is 31.7 Å². The monoisotopic (exact) mass is 252 g/mol. The molecule has 3 heteroatoms. The molecular weight excluding hydrogens is 224 g/mol. The highest BCUT2D eigenvalue weighted by Crippen LogP contribution is 2.09. The average molecular weight is 252 g/mol. The van der Waals surface area contributed by atoms with E-state index >= 15 is 0 Å². The summed E-state index contributed by atoms with van der Waals surface area (Å²) in [6.07, 6.45) is 6.10. The molecule has 0 bridgehead atoms. The first kappa shape index (κ1) is 15.3. The van der Waals surface area contributed by atoms with Crippen LogP contribution in [0.2, 0.25) is 0 Å². The minimum Gasteiger partial charge on any atom is -0.472 e. The fraction of sp³-hybridized carbons (Fsp3) is 0.733. The van der Waals surface area contributed by atoms with Crippen molar-refractivity contribution in [2.45, 2.75) is 40.2 Å². The van der Waals surface area contributed by atoms with E-state index in [1.54, 1.807) is 12.5 Å². The van der Waals surface area contributed by atoms with E-state index in [4.69, 9.17) is 4.42 Å². The molecule has 1 rings (SSSR count). The Morgan fingerprint density at radius 3 is 2.61 bits per heavy atom. The molecule has 0 spiro atoms. The van der Waals surface area contributed by atoms with E-state index in [9.17, 15) is 0 Å². The number of furan rings is 1. The summed E-state index contributed by atoms with van der Waals surface area (Å²) < 4.78 is 5.05. The smallest absolute Gasteiger partial charge is 0.0947 e. The van der Waals surface area contributed by atoms with Crippen LogP contribution in [0.1, 0.15) is 39.2 Å². The number of nitrogens with one attached hydrogen (secondary N) is 1. The zero-order valence-electron chi connectivity index (χ0n) is 12.1. The lowest BCUT2D eigenvalue weighted by Gasteiger charge is -2.25. The first-order valence-electron chi connectivity index (χ1n) is 7.24. The van der Waals surface area contributed by atoms with E-state index in [2.05, 4.69) is 31.0 Å². The van der Waals surface area contributed by atoms with Gasteiger partial charge >= 0.3 is 0 Å². The molecule has 3 nitrogen and oxygen atoms in total. The second-order valence-electron chi connectivity index (χ2n) is 4.88. The third-order valence-electron chi connectivity index (χ3n) is 3.63. The van der Waals surface area contributed by atoms with Crippen LogP contribution in [0.15, 0.2) is 23.0 Å². The first-order valence-corrected chi connectivity index (χ1v) is 7.24. The predicted octanol–water partition coefficient (Wildman–Crippen LogP) is 3.13. The fourth-order valence-corrected chi connectivity index (χ4v) is 2.15. The molecule has 0 aliphatic heterocycles. The lowest BCUT2D eigenvalue weighted by atomic mass is 10.0. The number of hydrogen-bond acceptors (Lipinski definition) is 3. The molecule has 1 aromatic rings. The number of rotatable bonds is 10. The van der Waals surface area contributed by atoms with Gasteiger partial charge in [-0.3, -0.25) is 0 Å². The fourth-order valence-electron chi connectivity index (χ4n) is 2.15. The molecule has 0 aliphatic rings. The minimum absolute atomic E-state index is 0.846. The summed E-state index contributed by atoms with van der Waals surface area (Å²) >= 11 is 0. The molecule has 0 fully saturated rings. The molecule has 0 atom stereocenters. The molecule has 0 amide bonds. The van der Waals surface area contributed by atoms with Crippen molar-refractivity contribution < 1.29 is 4.42 Å². The van der Waals surface area contributed by atoms with Crippen molar-refractivity contribution in [1.82, 2.24) is 10.2 Å². The Morgan fingerprint density at radius 2 is 2.06 bits per heavy atom. The van der Waals surface area contributed by atoms with Crippen LogP contribution >= 0.6 is 0 Å². The number of nitrogens with zero attached hydrogens (tertiary/aromatic N) is 1. The molecule has 0 unspecified atom stereocenters. The highest BCUT2D eigenvalue weighted by molar-refractivity contribution is 5.04. The molecule has 0 saturated heterocycles. The van der Waals surface area contributed by atoms with Crippen LogP contribution in [0.25, 0.3) is 0 Å². The van der Waals surface area contributed by atoms with Crippen molar-refractivity contribution in [3.63, 3.8) is 0 Å². The van der Waals surface area contributed by atoms with Crippen LogP contribution < -0.4 is 5.32 Å². The van der Waals surface area contributed by atoms with Gasteiger partial charge < -0.3 is 14.6 Å². The van der Waals surface area contributed by atoms with Gasteiger partial charge in [0.15, 0.2) is 0 Å². The Labute approximate surface area is 112 Å². The van der Waals surface area contributed by atoms with E-state index in [-0.39, 0.29) is 0 Å². The molecule has 1 N–H and O–H groups in total. The summed E-state index contributed by atoms with van der Waals surface area (Å²) in [5, 5.41) is 3.46. The van der Waals surface area contributed by atoms with Crippen LogP contribution in [-0.4, -0.2) is 31.1 Å². The summed E-state index contributed by atoms with van der Waals surface area (Å²) in [5.74, 6) is 0.846. The Hall–Kier alpha value is -0.800. The molecule has 1 heterocycles. The van der Waals surface area contributed by atoms with Gasteiger partial charge in [-0.15, -0.1) is 0 Å². The van der Waals surface area contributed by atoms with Crippen molar-refractivity contribution in [2.24, 2.45) is 5.92 Å². The summed E-state index contributed by atoms with van der Waals surface area (Å²) in [6.45, 7) is 12.3. The predicted molar refractivity (Wildman–Crippen MR) is 76.6 cm³/mol. The first-order chi connectivity index (χ1) is 8.80. The third-order valence-corrected chi connectivity index (χ3v) is 3.63. The van der Waals surface area contributed by atoms with Gasteiger partial charge in [-0.05, 0) is 18.5 Å². The van der Waals surface area contributed by atoms with Gasteiger partial charge in [-0.25, -0.2) is 0 Å². The Kier molecular flexibility index (Phi) is 7.78.